The van der Waals surface area contributed by atoms with Gasteiger partial charge >= 0.3 is 23.1 Å². The molecule has 2 rings (SSSR count). The maximum atomic E-state index is 2.99. The van der Waals surface area contributed by atoms with Crippen LogP contribution in [0, 0.1) is 6.20 Å². The number of H-pyrrole nitrogens is 1. The Bertz CT molecular complexity index is 288. The molecule has 0 saturated carbocycles. The molecule has 1 N–H and O–H groups in total. The number of nitrogens with one attached hydrogen (secondary N) is 1. The van der Waals surface area contributed by atoms with E-state index in [1.54, 1.807) is 0 Å². The van der Waals surface area contributed by atoms with Gasteiger partial charge in [-0.05, 0) is 0 Å². The van der Waals surface area contributed by atoms with Crippen LogP contribution >= 0.6 is 0 Å². The SMILES string of the molecule is [Br-].[Mg+2].[c-]1cc2ccccc2[nH]1. The van der Waals surface area contributed by atoms with Gasteiger partial charge in [-0.2, -0.15) is 11.5 Å². The zero-order valence-corrected chi connectivity index (χ0v) is 8.97. The van der Waals surface area contributed by atoms with Gasteiger partial charge in [0.05, 0.1) is 0 Å². The maximum absolute atomic E-state index is 2.99. The fourth-order valence-electron chi connectivity index (χ4n) is 0.928. The molecule has 11 heavy (non-hydrogen) atoms. The molecule has 1 aromatic heterocycles. The molecular formula is C8H6BrMgN. The fraction of sp³-hybridized carbons (Fsp3) is 0. The van der Waals surface area contributed by atoms with Crippen molar-refractivity contribution in [3.63, 3.8) is 0 Å². The Labute approximate surface area is 92.1 Å². The Balaban J connectivity index is 0.000000500. The van der Waals surface area contributed by atoms with Crippen molar-refractivity contribution < 1.29 is 17.0 Å². The number of aromatic nitrogens is 1. The Kier molecular flexibility index (Phi) is 4.80. The largest absolute Gasteiger partial charge is 2.00 e. The molecule has 1 nitrogen and oxygen atoms in total. The standard InChI is InChI=1S/C8H6N.BrH.Mg/c1-2-4-8-7(3-1)5-6-9-8;;/h1-5,9H;1H;/q-1;;+2/p-1. The quantitative estimate of drug-likeness (QED) is 0.415. The van der Waals surface area contributed by atoms with Crippen molar-refractivity contribution in [3.8, 4) is 0 Å². The second-order valence-electron chi connectivity index (χ2n) is 2.00. The van der Waals surface area contributed by atoms with E-state index in [-0.39, 0.29) is 40.0 Å². The van der Waals surface area contributed by atoms with Gasteiger partial charge < -0.3 is 22.0 Å². The minimum atomic E-state index is 0. The maximum Gasteiger partial charge on any atom is 2.00 e. The summed E-state index contributed by atoms with van der Waals surface area (Å²) in [5.41, 5.74) is 1.15. The van der Waals surface area contributed by atoms with Crippen LogP contribution in [0.3, 0.4) is 0 Å². The number of benzene rings is 1. The number of halogens is 1. The van der Waals surface area contributed by atoms with Gasteiger partial charge in [0.1, 0.15) is 0 Å². The van der Waals surface area contributed by atoms with Crippen LogP contribution in [0.4, 0.5) is 0 Å². The first-order chi connectivity index (χ1) is 4.47. The summed E-state index contributed by atoms with van der Waals surface area (Å²) in [6, 6.07) is 10.1. The van der Waals surface area contributed by atoms with Crippen LogP contribution in [0.1, 0.15) is 0 Å². The second kappa shape index (κ2) is 4.80. The van der Waals surface area contributed by atoms with Crippen LogP contribution in [0.15, 0.2) is 30.3 Å². The third-order valence-corrected chi connectivity index (χ3v) is 1.40. The number of hydrogen-bond acceptors (Lipinski definition) is 0. The number of aromatic amines is 1. The number of fused-ring (bicyclic) bond motifs is 1. The van der Waals surface area contributed by atoms with E-state index in [1.165, 1.54) is 5.39 Å². The smallest absolute Gasteiger partial charge is 1.00 e. The van der Waals surface area contributed by atoms with Crippen LogP contribution in [0.25, 0.3) is 10.9 Å². The molecule has 0 unspecified atom stereocenters. The third-order valence-electron chi connectivity index (χ3n) is 1.40. The first-order valence-corrected chi connectivity index (χ1v) is 2.90. The Morgan fingerprint density at radius 2 is 1.91 bits per heavy atom. The van der Waals surface area contributed by atoms with Crippen LogP contribution in [-0.4, -0.2) is 28.0 Å². The molecule has 0 aliphatic heterocycles. The first-order valence-electron chi connectivity index (χ1n) is 2.90. The van der Waals surface area contributed by atoms with E-state index in [0.717, 1.165) is 5.52 Å². The Morgan fingerprint density at radius 1 is 1.18 bits per heavy atom. The molecular weight excluding hydrogens is 214 g/mol. The molecule has 0 saturated heterocycles. The van der Waals surface area contributed by atoms with E-state index >= 15 is 0 Å². The van der Waals surface area contributed by atoms with Crippen LogP contribution < -0.4 is 17.0 Å². The van der Waals surface area contributed by atoms with E-state index < -0.39 is 0 Å². The van der Waals surface area contributed by atoms with Gasteiger partial charge in [0, 0.05) is 0 Å². The topological polar surface area (TPSA) is 15.8 Å². The molecule has 1 heterocycles. The minimum absolute atomic E-state index is 0. The second-order valence-corrected chi connectivity index (χ2v) is 2.00. The molecule has 52 valence electrons. The van der Waals surface area contributed by atoms with Gasteiger partial charge in [0.2, 0.25) is 0 Å². The number of para-hydroxylation sites is 1. The third kappa shape index (κ3) is 2.22. The average Bonchev–Trinajstić information content (AvgIpc) is 2.33. The van der Waals surface area contributed by atoms with E-state index in [0.29, 0.717) is 0 Å². The van der Waals surface area contributed by atoms with Gasteiger partial charge in [-0.1, -0.05) is 12.1 Å². The van der Waals surface area contributed by atoms with Crippen molar-refractivity contribution in [1.82, 2.24) is 4.98 Å². The molecule has 0 bridgehead atoms. The van der Waals surface area contributed by atoms with Gasteiger partial charge in [-0.3, -0.25) is 0 Å². The molecule has 0 aliphatic carbocycles. The van der Waals surface area contributed by atoms with E-state index in [9.17, 15) is 0 Å². The predicted molar refractivity (Wildman–Crippen MR) is 42.9 cm³/mol. The van der Waals surface area contributed by atoms with E-state index in [1.807, 2.05) is 24.3 Å². The Hall–Kier alpha value is 0.00623. The monoisotopic (exact) mass is 219 g/mol. The van der Waals surface area contributed by atoms with Crippen molar-refractivity contribution in [3.05, 3.63) is 36.5 Å². The van der Waals surface area contributed by atoms with Crippen molar-refractivity contribution in [2.75, 3.05) is 0 Å². The minimum Gasteiger partial charge on any atom is -1.00 e. The summed E-state index contributed by atoms with van der Waals surface area (Å²) in [7, 11) is 0. The summed E-state index contributed by atoms with van der Waals surface area (Å²) in [6.07, 6.45) is 2.91. The zero-order chi connectivity index (χ0) is 6.10. The summed E-state index contributed by atoms with van der Waals surface area (Å²) in [6.45, 7) is 0. The van der Waals surface area contributed by atoms with E-state index in [4.69, 9.17) is 0 Å². The van der Waals surface area contributed by atoms with Crippen molar-refractivity contribution in [1.29, 1.82) is 0 Å². The van der Waals surface area contributed by atoms with Gasteiger partial charge in [-0.15, -0.1) is 23.8 Å². The van der Waals surface area contributed by atoms with Crippen LogP contribution in [0.2, 0.25) is 0 Å². The number of rotatable bonds is 0. The summed E-state index contributed by atoms with van der Waals surface area (Å²) >= 11 is 0. The van der Waals surface area contributed by atoms with Gasteiger partial charge in [0.25, 0.3) is 0 Å². The summed E-state index contributed by atoms with van der Waals surface area (Å²) in [5, 5.41) is 1.22. The molecule has 0 fully saturated rings. The molecule has 0 aliphatic rings. The molecule has 2 aromatic rings. The van der Waals surface area contributed by atoms with Crippen LogP contribution in [0.5, 0.6) is 0 Å². The van der Waals surface area contributed by atoms with Crippen LogP contribution in [-0.2, 0) is 0 Å². The normalized spacial score (nSPS) is 8.36. The zero-order valence-electron chi connectivity index (χ0n) is 5.97. The van der Waals surface area contributed by atoms with Crippen molar-refractivity contribution in [2.45, 2.75) is 0 Å². The molecule has 0 radical (unpaired) electrons. The average molecular weight is 220 g/mol. The summed E-state index contributed by atoms with van der Waals surface area (Å²) in [4.78, 5) is 2.99. The van der Waals surface area contributed by atoms with E-state index in [2.05, 4.69) is 17.2 Å². The first kappa shape index (κ1) is 11.0. The van der Waals surface area contributed by atoms with Gasteiger partial charge in [-0.25, -0.2) is 0 Å². The van der Waals surface area contributed by atoms with Crippen molar-refractivity contribution >= 4 is 34.0 Å². The summed E-state index contributed by atoms with van der Waals surface area (Å²) < 4.78 is 0. The predicted octanol–water partition coefficient (Wildman–Crippen LogP) is -1.41. The molecule has 1 aromatic carbocycles. The number of hydrogen-bond donors (Lipinski definition) is 1. The van der Waals surface area contributed by atoms with Crippen molar-refractivity contribution in [2.24, 2.45) is 0 Å². The summed E-state index contributed by atoms with van der Waals surface area (Å²) in [5.74, 6) is 0. The molecule has 0 spiro atoms. The molecule has 0 atom stereocenters. The molecule has 3 heteroatoms. The Morgan fingerprint density at radius 3 is 2.64 bits per heavy atom. The van der Waals surface area contributed by atoms with Gasteiger partial charge in [0.15, 0.2) is 0 Å². The fourth-order valence-corrected chi connectivity index (χ4v) is 0.928. The molecule has 0 amide bonds.